The molecule has 0 bridgehead atoms. The summed E-state index contributed by atoms with van der Waals surface area (Å²) in [5, 5.41) is 11.6. The summed E-state index contributed by atoms with van der Waals surface area (Å²) in [6.45, 7) is 7.56. The Morgan fingerprint density at radius 2 is 1.74 bits per heavy atom. The van der Waals surface area contributed by atoms with Crippen LogP contribution in [0.4, 0.5) is 5.69 Å². The number of carbonyl (C=O) groups is 1. The van der Waals surface area contributed by atoms with E-state index in [4.69, 9.17) is 13.7 Å². The predicted octanol–water partition coefficient (Wildman–Crippen LogP) is 2.45. The molecule has 1 fully saturated rings. The quantitative estimate of drug-likeness (QED) is 0.374. The Bertz CT molecular complexity index is 794. The maximum absolute atomic E-state index is 11.2. The Hall–Kier alpha value is -2.19. The summed E-state index contributed by atoms with van der Waals surface area (Å²) in [6, 6.07) is 4.19. The van der Waals surface area contributed by atoms with E-state index < -0.39 is 23.2 Å². The molecular weight excluding hydrogens is 301 g/mol. The Morgan fingerprint density at radius 1 is 1.13 bits per heavy atom. The van der Waals surface area contributed by atoms with Crippen LogP contribution in [0.2, 0.25) is 0 Å². The minimum atomic E-state index is -0.812. The second-order valence-corrected chi connectivity index (χ2v) is 6.57. The highest BCUT2D eigenvalue weighted by Gasteiger charge is 2.52. The lowest BCUT2D eigenvalue weighted by atomic mass is 9.78. The third kappa shape index (κ3) is 2.44. The predicted molar refractivity (Wildman–Crippen MR) is 84.0 cm³/mol. The Morgan fingerprint density at radius 3 is 2.26 bits per heavy atom. The summed E-state index contributed by atoms with van der Waals surface area (Å²) in [5.41, 5.74) is -0.527. The van der Waals surface area contributed by atoms with Crippen LogP contribution in [0.15, 0.2) is 22.6 Å². The minimum Gasteiger partial charge on any atom is -0.454 e. The molecule has 1 aromatic heterocycles. The first kappa shape index (κ1) is 15.7. The lowest BCUT2D eigenvalue weighted by Gasteiger charge is -2.32. The highest BCUT2D eigenvalue weighted by atomic mass is 16.7. The fourth-order valence-electron chi connectivity index (χ4n) is 2.49. The number of hydrogen-bond acceptors (Lipinski definition) is 6. The molecule has 0 radical (unpaired) electrons. The largest absolute Gasteiger partial charge is 0.498 e. The van der Waals surface area contributed by atoms with Gasteiger partial charge in [-0.1, -0.05) is 0 Å². The molecule has 0 atom stereocenters. The molecule has 1 saturated heterocycles. The van der Waals surface area contributed by atoms with Gasteiger partial charge in [-0.15, -0.1) is 0 Å². The van der Waals surface area contributed by atoms with Gasteiger partial charge >= 0.3 is 7.12 Å². The van der Waals surface area contributed by atoms with Crippen molar-refractivity contribution in [1.82, 2.24) is 0 Å². The molecule has 0 saturated carbocycles. The van der Waals surface area contributed by atoms with Gasteiger partial charge in [0, 0.05) is 23.0 Å². The lowest BCUT2D eigenvalue weighted by molar-refractivity contribution is -0.384. The highest BCUT2D eigenvalue weighted by Crippen LogP contribution is 2.37. The van der Waals surface area contributed by atoms with E-state index in [0.717, 1.165) is 0 Å². The van der Waals surface area contributed by atoms with Crippen molar-refractivity contribution in [2.75, 3.05) is 0 Å². The normalized spacial score (nSPS) is 19.2. The average molecular weight is 317 g/mol. The molecule has 0 amide bonds. The molecule has 120 valence electrons. The molecule has 8 heteroatoms. The lowest BCUT2D eigenvalue weighted by Crippen LogP contribution is -2.41. The van der Waals surface area contributed by atoms with Gasteiger partial charge in [0.1, 0.15) is 5.58 Å². The zero-order valence-electron chi connectivity index (χ0n) is 13.3. The smallest absolute Gasteiger partial charge is 0.454 e. The van der Waals surface area contributed by atoms with E-state index in [9.17, 15) is 14.9 Å². The molecule has 1 aromatic carbocycles. The van der Waals surface area contributed by atoms with E-state index in [1.807, 2.05) is 27.7 Å². The molecule has 7 nitrogen and oxygen atoms in total. The molecule has 0 unspecified atom stereocenters. The molecule has 2 heterocycles. The SMILES string of the molecule is CC1(C)OB(c2cc([N+](=O)[O-])cc3cc(C=O)oc23)OC1(C)C. The summed E-state index contributed by atoms with van der Waals surface area (Å²) in [7, 11) is -0.812. The second-order valence-electron chi connectivity index (χ2n) is 6.57. The number of hydrogen-bond donors (Lipinski definition) is 0. The summed E-state index contributed by atoms with van der Waals surface area (Å²) >= 11 is 0. The van der Waals surface area contributed by atoms with Gasteiger partial charge in [0.05, 0.1) is 16.1 Å². The number of nitrogens with zero attached hydrogens (tertiary/aromatic N) is 1. The molecule has 3 rings (SSSR count). The Balaban J connectivity index is 2.18. The molecule has 0 N–H and O–H groups in total. The molecule has 0 spiro atoms. The zero-order chi connectivity index (χ0) is 17.0. The van der Waals surface area contributed by atoms with Crippen molar-refractivity contribution >= 4 is 35.5 Å². The van der Waals surface area contributed by atoms with Gasteiger partial charge < -0.3 is 13.7 Å². The Labute approximate surface area is 132 Å². The second kappa shape index (κ2) is 4.91. The van der Waals surface area contributed by atoms with Gasteiger partial charge in [0.2, 0.25) is 0 Å². The fraction of sp³-hybridized carbons (Fsp3) is 0.400. The topological polar surface area (TPSA) is 91.8 Å². The minimum absolute atomic E-state index is 0.0956. The number of furan rings is 1. The first-order valence-electron chi connectivity index (χ1n) is 7.17. The van der Waals surface area contributed by atoms with E-state index in [2.05, 4.69) is 0 Å². The van der Waals surface area contributed by atoms with Gasteiger partial charge in [-0.2, -0.15) is 0 Å². The van der Waals surface area contributed by atoms with Crippen LogP contribution in [0.25, 0.3) is 11.0 Å². The summed E-state index contributed by atoms with van der Waals surface area (Å²) in [5.74, 6) is 0.0956. The van der Waals surface area contributed by atoms with Crippen molar-refractivity contribution in [2.45, 2.75) is 38.9 Å². The van der Waals surface area contributed by atoms with Crippen molar-refractivity contribution in [3.63, 3.8) is 0 Å². The first-order chi connectivity index (χ1) is 10.6. The fourth-order valence-corrected chi connectivity index (χ4v) is 2.49. The third-order valence-corrected chi connectivity index (χ3v) is 4.48. The van der Waals surface area contributed by atoms with E-state index >= 15 is 0 Å². The average Bonchev–Trinajstić information content (AvgIpc) is 2.95. The number of carbonyl (C=O) groups excluding carboxylic acids is 1. The van der Waals surface area contributed by atoms with Crippen LogP contribution in [0.5, 0.6) is 0 Å². The van der Waals surface area contributed by atoms with Gasteiger partial charge in [-0.25, -0.2) is 0 Å². The van der Waals surface area contributed by atoms with Crippen LogP contribution in [-0.2, 0) is 9.31 Å². The standard InChI is InChI=1S/C15H16BNO6/c1-14(2)15(3,4)23-16(22-14)12-7-10(17(19)20)5-9-6-11(8-18)21-13(9)12/h5-8H,1-4H3. The van der Waals surface area contributed by atoms with Crippen LogP contribution >= 0.6 is 0 Å². The number of nitro benzene ring substituents is 1. The van der Waals surface area contributed by atoms with Crippen molar-refractivity contribution in [3.05, 3.63) is 34.1 Å². The number of nitro groups is 1. The monoisotopic (exact) mass is 317 g/mol. The van der Waals surface area contributed by atoms with Crippen LogP contribution in [-0.4, -0.2) is 29.5 Å². The van der Waals surface area contributed by atoms with Gasteiger partial charge in [0.15, 0.2) is 12.0 Å². The zero-order valence-corrected chi connectivity index (χ0v) is 13.3. The number of non-ortho nitro benzene ring substituents is 1. The van der Waals surface area contributed by atoms with Gasteiger partial charge in [0.25, 0.3) is 5.69 Å². The molecular formula is C15H16BNO6. The van der Waals surface area contributed by atoms with Crippen LogP contribution in [0.3, 0.4) is 0 Å². The van der Waals surface area contributed by atoms with E-state index in [1.165, 1.54) is 18.2 Å². The number of benzene rings is 1. The highest BCUT2D eigenvalue weighted by molar-refractivity contribution is 6.65. The van der Waals surface area contributed by atoms with E-state index in [1.54, 1.807) is 0 Å². The van der Waals surface area contributed by atoms with Crippen molar-refractivity contribution in [2.24, 2.45) is 0 Å². The van der Waals surface area contributed by atoms with Crippen molar-refractivity contribution < 1.29 is 23.4 Å². The molecule has 1 aliphatic rings. The van der Waals surface area contributed by atoms with Gasteiger partial charge in [-0.3, -0.25) is 14.9 Å². The molecule has 1 aliphatic heterocycles. The Kier molecular flexibility index (Phi) is 3.35. The van der Waals surface area contributed by atoms with Crippen molar-refractivity contribution in [1.29, 1.82) is 0 Å². The number of aldehydes is 1. The third-order valence-electron chi connectivity index (χ3n) is 4.48. The van der Waals surface area contributed by atoms with Crippen LogP contribution in [0.1, 0.15) is 38.2 Å². The molecule has 0 aliphatic carbocycles. The number of rotatable bonds is 3. The number of fused-ring (bicyclic) bond motifs is 1. The van der Waals surface area contributed by atoms with E-state index in [-0.39, 0.29) is 11.4 Å². The maximum Gasteiger partial charge on any atom is 0.498 e. The van der Waals surface area contributed by atoms with E-state index in [0.29, 0.717) is 22.7 Å². The first-order valence-corrected chi connectivity index (χ1v) is 7.17. The van der Waals surface area contributed by atoms with Gasteiger partial charge in [-0.05, 0) is 33.8 Å². The van der Waals surface area contributed by atoms with Crippen LogP contribution < -0.4 is 5.46 Å². The van der Waals surface area contributed by atoms with Crippen LogP contribution in [0, 0.1) is 10.1 Å². The van der Waals surface area contributed by atoms with Crippen molar-refractivity contribution in [3.8, 4) is 0 Å². The summed E-state index contributed by atoms with van der Waals surface area (Å²) < 4.78 is 17.4. The molecule has 2 aromatic rings. The summed E-state index contributed by atoms with van der Waals surface area (Å²) in [6.07, 6.45) is 0.555. The summed E-state index contributed by atoms with van der Waals surface area (Å²) in [4.78, 5) is 21.6. The molecule has 23 heavy (non-hydrogen) atoms. The maximum atomic E-state index is 11.2.